The van der Waals surface area contributed by atoms with Gasteiger partial charge in [-0.3, -0.25) is 4.79 Å². The molecule has 32 heavy (non-hydrogen) atoms. The number of hydrogen-bond acceptors (Lipinski definition) is 4. The Labute approximate surface area is 188 Å². The second kappa shape index (κ2) is 9.25. The fourth-order valence-corrected chi connectivity index (χ4v) is 3.88. The maximum atomic E-state index is 13.2. The number of alkyl halides is 3. The van der Waals surface area contributed by atoms with Crippen LogP contribution in [0.2, 0.25) is 0 Å². The minimum absolute atomic E-state index is 0.0196. The van der Waals surface area contributed by atoms with Crippen molar-refractivity contribution in [2.45, 2.75) is 44.2 Å². The first-order valence-corrected chi connectivity index (χ1v) is 11.0. The van der Waals surface area contributed by atoms with Crippen molar-refractivity contribution in [1.29, 1.82) is 5.26 Å². The Morgan fingerprint density at radius 2 is 1.91 bits per heavy atom. The Morgan fingerprint density at radius 1 is 1.22 bits per heavy atom. The third kappa shape index (κ3) is 5.25. The van der Waals surface area contributed by atoms with Crippen LogP contribution in [0.5, 0.6) is 0 Å². The van der Waals surface area contributed by atoms with Crippen molar-refractivity contribution >= 4 is 28.7 Å². The number of nitrogens with zero attached hydrogens (tertiary/aromatic N) is 3. The Balaban J connectivity index is 1.91. The number of nitrogens with one attached hydrogen (secondary N) is 1. The first-order valence-electron chi connectivity index (χ1n) is 10.00. The highest BCUT2D eigenvalue weighted by Crippen LogP contribution is 2.33. The maximum Gasteiger partial charge on any atom is 0.416 e. The van der Waals surface area contributed by atoms with Crippen molar-refractivity contribution in [3.05, 3.63) is 59.7 Å². The quantitative estimate of drug-likeness (QED) is 0.489. The highest BCUT2D eigenvalue weighted by atomic mass is 32.2. The van der Waals surface area contributed by atoms with Crippen LogP contribution in [0.3, 0.4) is 0 Å². The molecule has 0 fully saturated rings. The first kappa shape index (κ1) is 23.7. The van der Waals surface area contributed by atoms with E-state index in [0.717, 1.165) is 29.5 Å². The number of carbonyl (C=O) groups is 1. The molecule has 0 radical (unpaired) electrons. The summed E-state index contributed by atoms with van der Waals surface area (Å²) < 4.78 is 41.3. The zero-order chi connectivity index (χ0) is 23.5. The molecule has 0 aliphatic rings. The molecule has 2 aromatic carbocycles. The van der Waals surface area contributed by atoms with Crippen LogP contribution in [0.4, 0.5) is 13.2 Å². The summed E-state index contributed by atoms with van der Waals surface area (Å²) in [6.45, 7) is 5.74. The number of fused-ring (bicyclic) bond motifs is 1. The van der Waals surface area contributed by atoms with Gasteiger partial charge in [-0.05, 0) is 36.6 Å². The van der Waals surface area contributed by atoms with Gasteiger partial charge in [-0.1, -0.05) is 55.9 Å². The molecule has 0 aliphatic carbocycles. The summed E-state index contributed by atoms with van der Waals surface area (Å²) in [4.78, 5) is 16.9. The van der Waals surface area contributed by atoms with Crippen molar-refractivity contribution in [3.8, 4) is 6.07 Å². The highest BCUT2D eigenvalue weighted by Gasteiger charge is 2.32. The molecular weight excluding hydrogens is 437 g/mol. The summed E-state index contributed by atoms with van der Waals surface area (Å²) in [7, 11) is 0. The summed E-state index contributed by atoms with van der Waals surface area (Å²) in [6.07, 6.45) is -4.47. The second-order valence-corrected chi connectivity index (χ2v) is 8.92. The number of halogens is 3. The van der Waals surface area contributed by atoms with Gasteiger partial charge < -0.3 is 9.88 Å². The van der Waals surface area contributed by atoms with Crippen LogP contribution < -0.4 is 5.32 Å². The third-order valence-corrected chi connectivity index (χ3v) is 6.32. The number of aromatic nitrogens is 2. The summed E-state index contributed by atoms with van der Waals surface area (Å²) in [5.74, 6) is -0.458. The Kier molecular flexibility index (Phi) is 6.84. The normalized spacial score (nSPS) is 13.7. The van der Waals surface area contributed by atoms with Gasteiger partial charge in [0.25, 0.3) is 0 Å². The van der Waals surface area contributed by atoms with Crippen LogP contribution in [0, 0.1) is 17.2 Å². The molecule has 9 heteroatoms. The SMILES string of the molecule is CC(C)[C@](C)(C#N)NC(=O)CSc1nc2cc(C(F)(F)F)ccc2n1Cc1ccccc1. The molecule has 1 N–H and O–H groups in total. The van der Waals surface area contributed by atoms with E-state index in [1.807, 2.05) is 44.2 Å². The van der Waals surface area contributed by atoms with E-state index in [9.17, 15) is 23.2 Å². The predicted octanol–water partition coefficient (Wildman–Crippen LogP) is 5.25. The van der Waals surface area contributed by atoms with Gasteiger partial charge in [-0.25, -0.2) is 4.98 Å². The predicted molar refractivity (Wildman–Crippen MR) is 118 cm³/mol. The second-order valence-electron chi connectivity index (χ2n) is 7.97. The third-order valence-electron chi connectivity index (χ3n) is 5.34. The van der Waals surface area contributed by atoms with Crippen LogP contribution in [0.15, 0.2) is 53.7 Å². The van der Waals surface area contributed by atoms with Gasteiger partial charge >= 0.3 is 6.18 Å². The van der Waals surface area contributed by atoms with Crippen molar-refractivity contribution in [2.75, 3.05) is 5.75 Å². The van der Waals surface area contributed by atoms with Crippen LogP contribution in [0.25, 0.3) is 11.0 Å². The lowest BCUT2D eigenvalue weighted by Gasteiger charge is -2.27. The summed E-state index contributed by atoms with van der Waals surface area (Å²) in [5, 5.41) is 12.6. The van der Waals surface area contributed by atoms with E-state index in [2.05, 4.69) is 16.4 Å². The molecule has 168 valence electrons. The molecule has 0 aliphatic heterocycles. The number of amides is 1. The summed E-state index contributed by atoms with van der Waals surface area (Å²) in [6, 6.07) is 15.1. The molecule has 0 saturated carbocycles. The lowest BCUT2D eigenvalue weighted by Crippen LogP contribution is -2.49. The van der Waals surface area contributed by atoms with Crippen molar-refractivity contribution in [2.24, 2.45) is 5.92 Å². The van der Waals surface area contributed by atoms with E-state index in [1.54, 1.807) is 11.5 Å². The fourth-order valence-electron chi connectivity index (χ4n) is 3.07. The van der Waals surface area contributed by atoms with E-state index in [4.69, 9.17) is 0 Å². The zero-order valence-corrected chi connectivity index (χ0v) is 18.7. The van der Waals surface area contributed by atoms with Gasteiger partial charge in [0.15, 0.2) is 5.16 Å². The largest absolute Gasteiger partial charge is 0.416 e. The molecule has 1 amide bonds. The lowest BCUT2D eigenvalue weighted by molar-refractivity contribution is -0.137. The molecule has 0 unspecified atom stereocenters. The van der Waals surface area contributed by atoms with Gasteiger partial charge in [0, 0.05) is 0 Å². The minimum Gasteiger partial charge on any atom is -0.337 e. The molecular formula is C23H23F3N4OS. The number of thioether (sulfide) groups is 1. The maximum absolute atomic E-state index is 13.2. The molecule has 0 bridgehead atoms. The molecule has 3 aromatic rings. The lowest BCUT2D eigenvalue weighted by atomic mass is 9.90. The van der Waals surface area contributed by atoms with Crippen LogP contribution >= 0.6 is 11.8 Å². The number of rotatable bonds is 7. The molecule has 1 atom stereocenters. The minimum atomic E-state index is -4.47. The molecule has 5 nitrogen and oxygen atoms in total. The average Bonchev–Trinajstić information content (AvgIpc) is 3.08. The number of benzene rings is 2. The number of nitriles is 1. The molecule has 0 saturated heterocycles. The van der Waals surface area contributed by atoms with Gasteiger partial charge in [-0.2, -0.15) is 18.4 Å². The highest BCUT2D eigenvalue weighted by molar-refractivity contribution is 7.99. The number of carbonyl (C=O) groups excluding carboxylic acids is 1. The average molecular weight is 461 g/mol. The van der Waals surface area contributed by atoms with E-state index >= 15 is 0 Å². The smallest absolute Gasteiger partial charge is 0.337 e. The van der Waals surface area contributed by atoms with E-state index in [-0.39, 0.29) is 23.1 Å². The van der Waals surface area contributed by atoms with Gasteiger partial charge in [-0.15, -0.1) is 0 Å². The summed E-state index contributed by atoms with van der Waals surface area (Å²) >= 11 is 1.13. The molecule has 1 heterocycles. The van der Waals surface area contributed by atoms with Crippen LogP contribution in [0.1, 0.15) is 31.9 Å². The molecule has 3 rings (SSSR count). The van der Waals surface area contributed by atoms with Crippen LogP contribution in [-0.4, -0.2) is 26.8 Å². The van der Waals surface area contributed by atoms with Crippen molar-refractivity contribution in [3.63, 3.8) is 0 Å². The Morgan fingerprint density at radius 3 is 2.50 bits per heavy atom. The Bertz CT molecular complexity index is 1150. The van der Waals surface area contributed by atoms with Crippen LogP contribution in [-0.2, 0) is 17.5 Å². The van der Waals surface area contributed by atoms with Gasteiger partial charge in [0.2, 0.25) is 5.91 Å². The zero-order valence-electron chi connectivity index (χ0n) is 17.9. The van der Waals surface area contributed by atoms with E-state index in [1.165, 1.54) is 6.07 Å². The van der Waals surface area contributed by atoms with Crippen molar-refractivity contribution in [1.82, 2.24) is 14.9 Å². The summed E-state index contributed by atoms with van der Waals surface area (Å²) in [5.41, 5.74) is -0.0691. The van der Waals surface area contributed by atoms with Gasteiger partial charge in [0.1, 0.15) is 5.54 Å². The van der Waals surface area contributed by atoms with E-state index < -0.39 is 17.3 Å². The van der Waals surface area contributed by atoms with E-state index in [0.29, 0.717) is 17.2 Å². The standard InChI is InChI=1S/C23H23F3N4OS/c1-15(2)22(3,14-27)29-20(31)13-32-21-28-18-11-17(23(24,25)26)9-10-19(18)30(21)12-16-7-5-4-6-8-16/h4-11,15H,12-13H2,1-3H3,(H,29,31)/t22-/m0/s1. The Hall–Kier alpha value is -2.99. The fraction of sp³-hybridized carbons (Fsp3) is 0.348. The first-order chi connectivity index (χ1) is 15.0. The molecule has 0 spiro atoms. The monoisotopic (exact) mass is 460 g/mol. The topological polar surface area (TPSA) is 70.7 Å². The van der Waals surface area contributed by atoms with Gasteiger partial charge in [0.05, 0.1) is 35.0 Å². The van der Waals surface area contributed by atoms with Crippen molar-refractivity contribution < 1.29 is 18.0 Å². The molecule has 1 aromatic heterocycles. The number of imidazole rings is 1. The number of hydrogen-bond donors (Lipinski definition) is 1.